The summed E-state index contributed by atoms with van der Waals surface area (Å²) in [5.74, 6) is -0.544. The van der Waals surface area contributed by atoms with E-state index in [2.05, 4.69) is 15.4 Å². The van der Waals surface area contributed by atoms with Gasteiger partial charge in [0.1, 0.15) is 5.82 Å². The second kappa shape index (κ2) is 9.13. The number of pyridine rings is 1. The van der Waals surface area contributed by atoms with Gasteiger partial charge >= 0.3 is 0 Å². The van der Waals surface area contributed by atoms with Gasteiger partial charge in [-0.05, 0) is 63.2 Å². The van der Waals surface area contributed by atoms with E-state index in [-0.39, 0.29) is 24.3 Å². The molecule has 1 N–H and O–H groups in total. The van der Waals surface area contributed by atoms with Crippen LogP contribution in [0.15, 0.2) is 73.1 Å². The molecule has 5 rings (SSSR count). The number of hydrogen-bond donors (Lipinski definition) is 1. The number of nitrogens with one attached hydrogen (secondary N) is 1. The van der Waals surface area contributed by atoms with Crippen molar-refractivity contribution in [3.63, 3.8) is 0 Å². The summed E-state index contributed by atoms with van der Waals surface area (Å²) in [7, 11) is 0. The number of aryl methyl sites for hydroxylation is 1. The zero-order valence-electron chi connectivity index (χ0n) is 19.7. The van der Waals surface area contributed by atoms with Crippen molar-refractivity contribution < 1.29 is 9.18 Å². The van der Waals surface area contributed by atoms with Crippen molar-refractivity contribution in [2.75, 3.05) is 0 Å². The van der Waals surface area contributed by atoms with Crippen molar-refractivity contribution in [2.45, 2.75) is 33.4 Å². The zero-order valence-corrected chi connectivity index (χ0v) is 19.7. The fourth-order valence-electron chi connectivity index (χ4n) is 4.05. The van der Waals surface area contributed by atoms with Crippen LogP contribution in [0.4, 0.5) is 4.39 Å². The Labute approximate surface area is 202 Å². The molecule has 7 nitrogen and oxygen atoms in total. The lowest BCUT2D eigenvalue weighted by atomic mass is 10.1. The molecule has 0 bridgehead atoms. The first-order chi connectivity index (χ1) is 16.9. The van der Waals surface area contributed by atoms with Gasteiger partial charge in [-0.3, -0.25) is 4.79 Å². The molecule has 35 heavy (non-hydrogen) atoms. The van der Waals surface area contributed by atoms with Gasteiger partial charge in [-0.15, -0.1) is 0 Å². The number of nitrogens with zero attached hydrogens (tertiary/aromatic N) is 5. The number of rotatable bonds is 6. The molecule has 0 saturated heterocycles. The Balaban J connectivity index is 1.45. The van der Waals surface area contributed by atoms with Gasteiger partial charge in [-0.25, -0.2) is 18.7 Å². The number of para-hydroxylation sites is 1. The lowest BCUT2D eigenvalue weighted by Gasteiger charge is -2.10. The van der Waals surface area contributed by atoms with Crippen molar-refractivity contribution in [1.29, 1.82) is 0 Å². The second-order valence-corrected chi connectivity index (χ2v) is 8.69. The largest absolute Gasteiger partial charge is 0.348 e. The van der Waals surface area contributed by atoms with Gasteiger partial charge in [0, 0.05) is 35.3 Å². The Morgan fingerprint density at radius 2 is 1.83 bits per heavy atom. The van der Waals surface area contributed by atoms with E-state index in [9.17, 15) is 9.18 Å². The van der Waals surface area contributed by atoms with Gasteiger partial charge in [0.15, 0.2) is 5.65 Å². The molecule has 0 atom stereocenters. The van der Waals surface area contributed by atoms with Crippen LogP contribution in [-0.2, 0) is 6.54 Å². The number of fused-ring (bicyclic) bond motifs is 1. The van der Waals surface area contributed by atoms with Crippen molar-refractivity contribution in [3.8, 4) is 16.9 Å². The molecule has 8 heteroatoms. The number of amides is 1. The van der Waals surface area contributed by atoms with Gasteiger partial charge in [0.2, 0.25) is 0 Å². The Kier molecular flexibility index (Phi) is 5.86. The number of hydrogen-bond acceptors (Lipinski definition) is 4. The Bertz CT molecular complexity index is 1500. The molecule has 0 radical (unpaired) electrons. The van der Waals surface area contributed by atoms with Crippen molar-refractivity contribution in [2.24, 2.45) is 0 Å². The van der Waals surface area contributed by atoms with Gasteiger partial charge in [0.05, 0.1) is 28.8 Å². The van der Waals surface area contributed by atoms with Crippen LogP contribution in [0.1, 0.15) is 41.5 Å². The smallest absolute Gasteiger partial charge is 0.253 e. The maximum Gasteiger partial charge on any atom is 0.253 e. The lowest BCUT2D eigenvalue weighted by Crippen LogP contribution is -2.24. The highest BCUT2D eigenvalue weighted by molar-refractivity contribution is 5.98. The SMILES string of the molecule is Cc1nc2c(cnn2C(C)C)cc1C(=O)NCc1cn(-c2ccccc2)nc1-c1ccc(F)cc1. The van der Waals surface area contributed by atoms with Crippen LogP contribution in [-0.4, -0.2) is 30.5 Å². The molecule has 0 fully saturated rings. The highest BCUT2D eigenvalue weighted by Gasteiger charge is 2.17. The minimum atomic E-state index is -0.315. The molecular formula is C27H25FN6O. The van der Waals surface area contributed by atoms with E-state index in [1.54, 1.807) is 23.0 Å². The van der Waals surface area contributed by atoms with Crippen LogP contribution in [0.25, 0.3) is 28.0 Å². The quantitative estimate of drug-likeness (QED) is 0.370. The Morgan fingerprint density at radius 3 is 2.54 bits per heavy atom. The third kappa shape index (κ3) is 4.42. The highest BCUT2D eigenvalue weighted by atomic mass is 19.1. The van der Waals surface area contributed by atoms with E-state index < -0.39 is 0 Å². The summed E-state index contributed by atoms with van der Waals surface area (Å²) in [6.07, 6.45) is 3.62. The monoisotopic (exact) mass is 468 g/mol. The molecular weight excluding hydrogens is 443 g/mol. The summed E-state index contributed by atoms with van der Waals surface area (Å²) in [5, 5.41) is 12.9. The van der Waals surface area contributed by atoms with Gasteiger partial charge in [0.25, 0.3) is 5.91 Å². The number of benzene rings is 2. The lowest BCUT2D eigenvalue weighted by molar-refractivity contribution is 0.0950. The van der Waals surface area contributed by atoms with Crippen molar-refractivity contribution >= 4 is 16.9 Å². The summed E-state index contributed by atoms with van der Waals surface area (Å²) < 4.78 is 17.1. The topological polar surface area (TPSA) is 77.6 Å². The summed E-state index contributed by atoms with van der Waals surface area (Å²) in [6.45, 7) is 6.15. The first kappa shape index (κ1) is 22.5. The minimum Gasteiger partial charge on any atom is -0.348 e. The van der Waals surface area contributed by atoms with Crippen molar-refractivity contribution in [3.05, 3.63) is 95.7 Å². The van der Waals surface area contributed by atoms with Crippen LogP contribution in [0.5, 0.6) is 0 Å². The number of carbonyl (C=O) groups is 1. The van der Waals surface area contributed by atoms with E-state index in [1.165, 1.54) is 12.1 Å². The molecule has 0 aliphatic heterocycles. The summed E-state index contributed by atoms with van der Waals surface area (Å²) in [4.78, 5) is 17.8. The first-order valence-electron chi connectivity index (χ1n) is 11.4. The zero-order chi connectivity index (χ0) is 24.5. The molecule has 1 amide bonds. The second-order valence-electron chi connectivity index (χ2n) is 8.69. The Morgan fingerprint density at radius 1 is 1.09 bits per heavy atom. The molecule has 0 aliphatic carbocycles. The van der Waals surface area contributed by atoms with Gasteiger partial charge < -0.3 is 5.32 Å². The molecule has 3 aromatic heterocycles. The highest BCUT2D eigenvalue weighted by Crippen LogP contribution is 2.25. The molecule has 0 saturated carbocycles. The molecule has 176 valence electrons. The normalized spacial score (nSPS) is 11.3. The average molecular weight is 469 g/mol. The fourth-order valence-corrected chi connectivity index (χ4v) is 4.05. The van der Waals surface area contributed by atoms with E-state index in [0.717, 1.165) is 27.8 Å². The van der Waals surface area contributed by atoms with Crippen LogP contribution < -0.4 is 5.32 Å². The third-order valence-electron chi connectivity index (χ3n) is 5.86. The van der Waals surface area contributed by atoms with E-state index in [0.29, 0.717) is 17.0 Å². The van der Waals surface area contributed by atoms with Crippen LogP contribution in [0.2, 0.25) is 0 Å². The van der Waals surface area contributed by atoms with Gasteiger partial charge in [-0.1, -0.05) is 18.2 Å². The Hall–Kier alpha value is -4.33. The van der Waals surface area contributed by atoms with Gasteiger partial charge in [-0.2, -0.15) is 10.2 Å². The minimum absolute atomic E-state index is 0.171. The van der Waals surface area contributed by atoms with E-state index in [4.69, 9.17) is 5.10 Å². The summed E-state index contributed by atoms with van der Waals surface area (Å²) >= 11 is 0. The molecule has 0 unspecified atom stereocenters. The molecule has 3 heterocycles. The van der Waals surface area contributed by atoms with Crippen LogP contribution in [0.3, 0.4) is 0 Å². The average Bonchev–Trinajstić information content (AvgIpc) is 3.47. The fraction of sp³-hybridized carbons (Fsp3) is 0.185. The molecule has 0 spiro atoms. The third-order valence-corrected chi connectivity index (χ3v) is 5.86. The number of halogens is 1. The summed E-state index contributed by atoms with van der Waals surface area (Å²) in [6, 6.07) is 17.9. The van der Waals surface area contributed by atoms with E-state index >= 15 is 0 Å². The summed E-state index contributed by atoms with van der Waals surface area (Å²) in [5.41, 5.74) is 5.05. The predicted octanol–water partition coefficient (Wildman–Crippen LogP) is 5.24. The molecule has 5 aromatic rings. The molecule has 0 aliphatic rings. The molecule has 2 aromatic carbocycles. The number of aromatic nitrogens is 5. The van der Waals surface area contributed by atoms with Crippen LogP contribution >= 0.6 is 0 Å². The van der Waals surface area contributed by atoms with E-state index in [1.807, 2.05) is 68.0 Å². The number of carbonyl (C=O) groups excluding carboxylic acids is 1. The first-order valence-corrected chi connectivity index (χ1v) is 11.4. The maximum atomic E-state index is 13.5. The predicted molar refractivity (Wildman–Crippen MR) is 133 cm³/mol. The van der Waals surface area contributed by atoms with Crippen LogP contribution in [0, 0.1) is 12.7 Å². The van der Waals surface area contributed by atoms with Crippen molar-refractivity contribution in [1.82, 2.24) is 29.9 Å². The maximum absolute atomic E-state index is 13.5. The standard InChI is InChI=1S/C27H25FN6O/c1-17(2)34-26-20(15-30-34)13-24(18(3)31-26)27(35)29-14-21-16-33(23-7-5-4-6-8-23)32-25(21)19-9-11-22(28)12-10-19/h4-13,15-17H,14H2,1-3H3,(H,29,35).